The lowest BCUT2D eigenvalue weighted by Crippen LogP contribution is -2.32. The summed E-state index contributed by atoms with van der Waals surface area (Å²) in [4.78, 5) is 18.1. The number of hydrogen-bond acceptors (Lipinski definition) is 4. The molecule has 0 saturated carbocycles. The van der Waals surface area contributed by atoms with Crippen molar-refractivity contribution in [2.75, 3.05) is 13.2 Å². The molecule has 1 atom stereocenters. The molecule has 4 nitrogen and oxygen atoms in total. The monoisotopic (exact) mass is 342 g/mol. The van der Waals surface area contributed by atoms with Crippen molar-refractivity contribution in [3.63, 3.8) is 0 Å². The van der Waals surface area contributed by atoms with Crippen LogP contribution in [0, 0.1) is 13.8 Å². The van der Waals surface area contributed by atoms with Gasteiger partial charge in [-0.15, -0.1) is 0 Å². The highest BCUT2D eigenvalue weighted by molar-refractivity contribution is 7.99. The lowest BCUT2D eigenvalue weighted by molar-refractivity contribution is 0.0855. The Morgan fingerprint density at radius 3 is 3.00 bits per heavy atom. The zero-order valence-corrected chi connectivity index (χ0v) is 14.9. The average molecular weight is 342 g/mol. The molecule has 1 aliphatic rings. The van der Waals surface area contributed by atoms with E-state index in [1.165, 1.54) is 22.9 Å². The molecular formula is C19H22N2O2S. The van der Waals surface area contributed by atoms with E-state index in [4.69, 9.17) is 4.74 Å². The molecule has 1 fully saturated rings. The second kappa shape index (κ2) is 7.81. The predicted molar refractivity (Wildman–Crippen MR) is 95.6 cm³/mol. The number of amides is 1. The Labute approximate surface area is 147 Å². The lowest BCUT2D eigenvalue weighted by atomic mass is 10.2. The van der Waals surface area contributed by atoms with Crippen LogP contribution in [0.5, 0.6) is 0 Å². The quantitative estimate of drug-likeness (QED) is 0.899. The number of nitrogens with one attached hydrogen (secondary N) is 1. The molecule has 0 spiro atoms. The molecule has 0 radical (unpaired) electrons. The van der Waals surface area contributed by atoms with Crippen molar-refractivity contribution in [2.45, 2.75) is 42.7 Å². The van der Waals surface area contributed by atoms with Gasteiger partial charge in [-0.3, -0.25) is 4.79 Å². The zero-order chi connectivity index (χ0) is 16.9. The van der Waals surface area contributed by atoms with Crippen LogP contribution in [-0.4, -0.2) is 30.1 Å². The van der Waals surface area contributed by atoms with Crippen molar-refractivity contribution in [2.24, 2.45) is 0 Å². The van der Waals surface area contributed by atoms with Gasteiger partial charge in [0.05, 0.1) is 11.7 Å². The molecule has 5 heteroatoms. The van der Waals surface area contributed by atoms with Crippen molar-refractivity contribution < 1.29 is 9.53 Å². The number of rotatable bonds is 5. The predicted octanol–water partition coefficient (Wildman–Crippen LogP) is 3.76. The Balaban J connectivity index is 1.73. The van der Waals surface area contributed by atoms with E-state index < -0.39 is 0 Å². The number of carbonyl (C=O) groups is 1. The van der Waals surface area contributed by atoms with Gasteiger partial charge >= 0.3 is 0 Å². The van der Waals surface area contributed by atoms with Gasteiger partial charge in [-0.25, -0.2) is 4.98 Å². The molecule has 126 valence electrons. The van der Waals surface area contributed by atoms with Gasteiger partial charge < -0.3 is 10.1 Å². The van der Waals surface area contributed by atoms with Crippen LogP contribution in [-0.2, 0) is 4.74 Å². The van der Waals surface area contributed by atoms with Gasteiger partial charge in [0.15, 0.2) is 0 Å². The van der Waals surface area contributed by atoms with Gasteiger partial charge in [0.25, 0.3) is 5.91 Å². The van der Waals surface area contributed by atoms with Crippen molar-refractivity contribution >= 4 is 17.7 Å². The molecule has 1 aromatic heterocycles. The van der Waals surface area contributed by atoms with E-state index in [-0.39, 0.29) is 12.0 Å². The molecule has 24 heavy (non-hydrogen) atoms. The van der Waals surface area contributed by atoms with Gasteiger partial charge in [0, 0.05) is 24.2 Å². The highest BCUT2D eigenvalue weighted by Gasteiger charge is 2.19. The van der Waals surface area contributed by atoms with E-state index in [1.54, 1.807) is 12.3 Å². The van der Waals surface area contributed by atoms with E-state index >= 15 is 0 Å². The van der Waals surface area contributed by atoms with Crippen LogP contribution in [0.25, 0.3) is 0 Å². The third-order valence-corrected chi connectivity index (χ3v) is 5.26. The molecule has 1 saturated heterocycles. The molecule has 1 aliphatic heterocycles. The smallest absolute Gasteiger partial charge is 0.254 e. The first-order chi connectivity index (χ1) is 11.6. The summed E-state index contributed by atoms with van der Waals surface area (Å²) in [5, 5.41) is 3.70. The standard InChI is InChI=1S/C19H22N2O2S/c1-13-7-8-17(14(2)11-13)24-19-16(6-3-9-20-19)18(22)21-12-15-5-4-10-23-15/h3,6-9,11,15H,4-5,10,12H2,1-2H3,(H,21,22). The summed E-state index contributed by atoms with van der Waals surface area (Å²) in [5.74, 6) is -0.0918. The van der Waals surface area contributed by atoms with E-state index in [0.717, 1.165) is 29.4 Å². The van der Waals surface area contributed by atoms with E-state index in [2.05, 4.69) is 42.3 Å². The Morgan fingerprint density at radius 1 is 1.38 bits per heavy atom. The maximum Gasteiger partial charge on any atom is 0.254 e. The number of carbonyl (C=O) groups excluding carboxylic acids is 1. The van der Waals surface area contributed by atoms with Crippen molar-refractivity contribution in [1.82, 2.24) is 10.3 Å². The van der Waals surface area contributed by atoms with E-state index in [0.29, 0.717) is 12.1 Å². The van der Waals surface area contributed by atoms with E-state index in [9.17, 15) is 4.79 Å². The fourth-order valence-corrected chi connectivity index (χ4v) is 3.72. The first-order valence-electron chi connectivity index (χ1n) is 8.23. The van der Waals surface area contributed by atoms with Crippen molar-refractivity contribution in [3.8, 4) is 0 Å². The normalized spacial score (nSPS) is 17.0. The SMILES string of the molecule is Cc1ccc(Sc2ncccc2C(=O)NCC2CCCO2)c(C)c1. The summed E-state index contributed by atoms with van der Waals surface area (Å²) in [6, 6.07) is 9.92. The number of aryl methyl sites for hydroxylation is 2. The Hall–Kier alpha value is -1.85. The van der Waals surface area contributed by atoms with Gasteiger partial charge in [-0.1, -0.05) is 29.5 Å². The number of ether oxygens (including phenoxy) is 1. The zero-order valence-electron chi connectivity index (χ0n) is 14.0. The maximum atomic E-state index is 12.5. The van der Waals surface area contributed by atoms with Crippen LogP contribution < -0.4 is 5.32 Å². The Bertz CT molecular complexity index is 727. The van der Waals surface area contributed by atoms with Crippen LogP contribution >= 0.6 is 11.8 Å². The summed E-state index contributed by atoms with van der Waals surface area (Å²) < 4.78 is 5.56. The molecule has 1 unspecified atom stereocenters. The topological polar surface area (TPSA) is 51.2 Å². The van der Waals surface area contributed by atoms with Gasteiger partial charge in [-0.2, -0.15) is 0 Å². The van der Waals surface area contributed by atoms with Crippen LogP contribution in [0.1, 0.15) is 34.3 Å². The second-order valence-electron chi connectivity index (χ2n) is 6.07. The minimum Gasteiger partial charge on any atom is -0.376 e. The van der Waals surface area contributed by atoms with Gasteiger partial charge in [-0.05, 0) is 50.5 Å². The molecule has 0 bridgehead atoms. The minimum atomic E-state index is -0.0918. The maximum absolute atomic E-state index is 12.5. The summed E-state index contributed by atoms with van der Waals surface area (Å²) in [6.07, 6.45) is 3.95. The molecule has 1 amide bonds. The first-order valence-corrected chi connectivity index (χ1v) is 9.05. The molecular weight excluding hydrogens is 320 g/mol. The molecule has 3 rings (SSSR count). The van der Waals surface area contributed by atoms with Crippen LogP contribution in [0.4, 0.5) is 0 Å². The summed E-state index contributed by atoms with van der Waals surface area (Å²) in [6.45, 7) is 5.50. The van der Waals surface area contributed by atoms with Crippen molar-refractivity contribution in [1.29, 1.82) is 0 Å². The molecule has 2 aromatic rings. The summed E-state index contributed by atoms with van der Waals surface area (Å²) in [7, 11) is 0. The van der Waals surface area contributed by atoms with Crippen LogP contribution in [0.15, 0.2) is 46.5 Å². The van der Waals surface area contributed by atoms with Crippen LogP contribution in [0.2, 0.25) is 0 Å². The van der Waals surface area contributed by atoms with Gasteiger partial charge in [0.2, 0.25) is 0 Å². The number of nitrogens with zero attached hydrogens (tertiary/aromatic N) is 1. The van der Waals surface area contributed by atoms with Crippen LogP contribution in [0.3, 0.4) is 0 Å². The van der Waals surface area contributed by atoms with Crippen molar-refractivity contribution in [3.05, 3.63) is 53.2 Å². The molecule has 0 aliphatic carbocycles. The lowest BCUT2D eigenvalue weighted by Gasteiger charge is -2.13. The number of hydrogen-bond donors (Lipinski definition) is 1. The minimum absolute atomic E-state index is 0.0918. The van der Waals surface area contributed by atoms with Gasteiger partial charge in [0.1, 0.15) is 5.03 Å². The average Bonchev–Trinajstić information content (AvgIpc) is 3.09. The molecule has 2 heterocycles. The number of benzene rings is 1. The number of pyridine rings is 1. The second-order valence-corrected chi connectivity index (χ2v) is 7.10. The highest BCUT2D eigenvalue weighted by atomic mass is 32.2. The fourth-order valence-electron chi connectivity index (χ4n) is 2.77. The summed E-state index contributed by atoms with van der Waals surface area (Å²) in [5.41, 5.74) is 3.03. The third kappa shape index (κ3) is 4.16. The summed E-state index contributed by atoms with van der Waals surface area (Å²) >= 11 is 1.53. The first kappa shape index (κ1) is 17.0. The Kier molecular flexibility index (Phi) is 5.53. The molecule has 1 N–H and O–H groups in total. The number of aromatic nitrogens is 1. The third-order valence-electron chi connectivity index (χ3n) is 4.07. The molecule has 1 aromatic carbocycles. The van der Waals surface area contributed by atoms with E-state index in [1.807, 2.05) is 6.07 Å². The fraction of sp³-hybridized carbons (Fsp3) is 0.368. The highest BCUT2D eigenvalue weighted by Crippen LogP contribution is 2.31. The largest absolute Gasteiger partial charge is 0.376 e. The Morgan fingerprint density at radius 2 is 2.25 bits per heavy atom.